The van der Waals surface area contributed by atoms with Crippen molar-refractivity contribution in [3.8, 4) is 0 Å². The number of rotatable bonds is 3. The Morgan fingerprint density at radius 2 is 1.31 bits per heavy atom. The SMILES string of the molecule is CCN(CC)c1ccc(Cl)cc1.CN(C)C. The Morgan fingerprint density at radius 3 is 1.62 bits per heavy atom. The van der Waals surface area contributed by atoms with Crippen LogP contribution < -0.4 is 4.90 Å². The molecule has 0 unspecified atom stereocenters. The maximum Gasteiger partial charge on any atom is 0.0407 e. The van der Waals surface area contributed by atoms with Crippen LogP contribution in [0, 0.1) is 0 Å². The molecule has 0 radical (unpaired) electrons. The summed E-state index contributed by atoms with van der Waals surface area (Å²) in [6.45, 7) is 6.38. The third-order valence-corrected chi connectivity index (χ3v) is 2.21. The minimum Gasteiger partial charge on any atom is -0.372 e. The molecule has 0 N–H and O–H groups in total. The zero-order chi connectivity index (χ0) is 12.6. The summed E-state index contributed by atoms with van der Waals surface area (Å²) in [6.07, 6.45) is 0. The van der Waals surface area contributed by atoms with Gasteiger partial charge in [-0.25, -0.2) is 0 Å². The fraction of sp³-hybridized carbons (Fsp3) is 0.538. The second kappa shape index (κ2) is 8.43. The van der Waals surface area contributed by atoms with Gasteiger partial charge in [0.05, 0.1) is 0 Å². The predicted octanol–water partition coefficient (Wildman–Crippen LogP) is 3.36. The molecule has 0 atom stereocenters. The summed E-state index contributed by atoms with van der Waals surface area (Å²) in [5.41, 5.74) is 1.24. The molecule has 0 heterocycles. The molecule has 0 aliphatic heterocycles. The Bertz CT molecular complexity index is 263. The number of benzene rings is 1. The lowest BCUT2D eigenvalue weighted by molar-refractivity contribution is 0.505. The molecule has 0 amide bonds. The Labute approximate surface area is 105 Å². The second-order valence-electron chi connectivity index (χ2n) is 3.99. The van der Waals surface area contributed by atoms with Crippen molar-refractivity contribution < 1.29 is 0 Å². The zero-order valence-corrected chi connectivity index (χ0v) is 11.8. The number of anilines is 1. The molecule has 0 saturated heterocycles. The Morgan fingerprint density at radius 1 is 0.938 bits per heavy atom. The van der Waals surface area contributed by atoms with Crippen molar-refractivity contribution in [2.24, 2.45) is 0 Å². The molecule has 92 valence electrons. The summed E-state index contributed by atoms with van der Waals surface area (Å²) in [5.74, 6) is 0. The smallest absolute Gasteiger partial charge is 0.0407 e. The van der Waals surface area contributed by atoms with Gasteiger partial charge in [0.15, 0.2) is 0 Å². The highest BCUT2D eigenvalue weighted by Crippen LogP contribution is 2.17. The lowest BCUT2D eigenvalue weighted by atomic mass is 10.3. The molecule has 0 bridgehead atoms. The molecular weight excluding hydrogens is 220 g/mol. The van der Waals surface area contributed by atoms with Crippen LogP contribution in [0.25, 0.3) is 0 Å². The molecule has 3 heteroatoms. The molecule has 1 aromatic rings. The van der Waals surface area contributed by atoms with Crippen molar-refractivity contribution in [3.05, 3.63) is 29.3 Å². The van der Waals surface area contributed by atoms with Gasteiger partial charge in [0.25, 0.3) is 0 Å². The van der Waals surface area contributed by atoms with Crippen molar-refractivity contribution in [2.45, 2.75) is 13.8 Å². The number of hydrogen-bond donors (Lipinski definition) is 0. The van der Waals surface area contributed by atoms with Crippen molar-refractivity contribution >= 4 is 17.3 Å². The van der Waals surface area contributed by atoms with Crippen LogP contribution in [-0.2, 0) is 0 Å². The summed E-state index contributed by atoms with van der Waals surface area (Å²) in [7, 11) is 6.00. The van der Waals surface area contributed by atoms with E-state index >= 15 is 0 Å². The Kier molecular flexibility index (Phi) is 8.04. The van der Waals surface area contributed by atoms with E-state index in [1.54, 1.807) is 0 Å². The van der Waals surface area contributed by atoms with Crippen LogP contribution in [-0.4, -0.2) is 39.1 Å². The molecular formula is C13H23ClN2. The van der Waals surface area contributed by atoms with Crippen LogP contribution in [0.2, 0.25) is 5.02 Å². The van der Waals surface area contributed by atoms with Gasteiger partial charge < -0.3 is 9.80 Å². The first kappa shape index (κ1) is 15.3. The third-order valence-electron chi connectivity index (χ3n) is 1.96. The number of hydrogen-bond acceptors (Lipinski definition) is 2. The predicted molar refractivity (Wildman–Crippen MR) is 74.6 cm³/mol. The maximum atomic E-state index is 5.78. The molecule has 1 aromatic carbocycles. The van der Waals surface area contributed by atoms with E-state index in [0.29, 0.717) is 0 Å². The van der Waals surface area contributed by atoms with Gasteiger partial charge in [-0.15, -0.1) is 0 Å². The topological polar surface area (TPSA) is 6.48 Å². The quantitative estimate of drug-likeness (QED) is 0.802. The maximum absolute atomic E-state index is 5.78. The summed E-state index contributed by atoms with van der Waals surface area (Å²) in [5, 5.41) is 0.797. The van der Waals surface area contributed by atoms with Crippen molar-refractivity contribution in [1.82, 2.24) is 4.90 Å². The van der Waals surface area contributed by atoms with E-state index in [1.807, 2.05) is 38.2 Å². The van der Waals surface area contributed by atoms with Gasteiger partial charge in [-0.05, 0) is 59.3 Å². The highest BCUT2D eigenvalue weighted by Gasteiger charge is 1.99. The van der Waals surface area contributed by atoms with Crippen LogP contribution >= 0.6 is 11.6 Å². The lowest BCUT2D eigenvalue weighted by Crippen LogP contribution is -2.21. The van der Waals surface area contributed by atoms with Crippen molar-refractivity contribution in [2.75, 3.05) is 39.1 Å². The first-order valence-electron chi connectivity index (χ1n) is 5.62. The summed E-state index contributed by atoms with van der Waals surface area (Å²) in [4.78, 5) is 4.29. The van der Waals surface area contributed by atoms with Crippen molar-refractivity contribution in [3.63, 3.8) is 0 Å². The fourth-order valence-electron chi connectivity index (χ4n) is 1.24. The second-order valence-corrected chi connectivity index (χ2v) is 4.43. The van der Waals surface area contributed by atoms with Crippen LogP contribution in [0.1, 0.15) is 13.8 Å². The monoisotopic (exact) mass is 242 g/mol. The van der Waals surface area contributed by atoms with E-state index in [-0.39, 0.29) is 0 Å². The minimum absolute atomic E-state index is 0.797. The molecule has 0 saturated carbocycles. The molecule has 0 spiro atoms. The summed E-state index contributed by atoms with van der Waals surface area (Å²) >= 11 is 5.78. The molecule has 16 heavy (non-hydrogen) atoms. The summed E-state index contributed by atoms with van der Waals surface area (Å²) < 4.78 is 0. The normalized spacial score (nSPS) is 9.69. The number of halogens is 1. The molecule has 0 fully saturated rings. The van der Waals surface area contributed by atoms with E-state index in [1.165, 1.54) is 5.69 Å². The van der Waals surface area contributed by atoms with Crippen molar-refractivity contribution in [1.29, 1.82) is 0 Å². The summed E-state index contributed by atoms with van der Waals surface area (Å²) in [6, 6.07) is 7.95. The average molecular weight is 243 g/mol. The molecule has 0 aliphatic rings. The molecule has 2 nitrogen and oxygen atoms in total. The van der Waals surface area contributed by atoms with Gasteiger partial charge in [0, 0.05) is 23.8 Å². The third kappa shape index (κ3) is 6.70. The fourth-order valence-corrected chi connectivity index (χ4v) is 1.37. The van der Waals surface area contributed by atoms with E-state index < -0.39 is 0 Å². The first-order valence-corrected chi connectivity index (χ1v) is 6.00. The van der Waals surface area contributed by atoms with Crippen LogP contribution in [0.3, 0.4) is 0 Å². The Hall–Kier alpha value is -0.730. The van der Waals surface area contributed by atoms with Gasteiger partial charge in [0.2, 0.25) is 0 Å². The number of nitrogens with zero attached hydrogens (tertiary/aromatic N) is 2. The van der Waals surface area contributed by atoms with Gasteiger partial charge in [0.1, 0.15) is 0 Å². The van der Waals surface area contributed by atoms with Gasteiger partial charge in [-0.2, -0.15) is 0 Å². The largest absolute Gasteiger partial charge is 0.372 e. The minimum atomic E-state index is 0.797. The van der Waals surface area contributed by atoms with E-state index in [4.69, 9.17) is 11.6 Å². The lowest BCUT2D eigenvalue weighted by Gasteiger charge is -2.20. The molecule has 1 rings (SSSR count). The van der Waals surface area contributed by atoms with Crippen LogP contribution in [0.5, 0.6) is 0 Å². The highest BCUT2D eigenvalue weighted by molar-refractivity contribution is 6.30. The van der Waals surface area contributed by atoms with Gasteiger partial charge in [-0.3, -0.25) is 0 Å². The molecule has 0 aromatic heterocycles. The molecule has 0 aliphatic carbocycles. The first-order chi connectivity index (χ1) is 7.51. The van der Waals surface area contributed by atoms with Gasteiger partial charge >= 0.3 is 0 Å². The van der Waals surface area contributed by atoms with Gasteiger partial charge in [-0.1, -0.05) is 11.6 Å². The van der Waals surface area contributed by atoms with Crippen LogP contribution in [0.15, 0.2) is 24.3 Å². The Balaban J connectivity index is 0.000000487. The van der Waals surface area contributed by atoms with E-state index in [0.717, 1.165) is 18.1 Å². The highest BCUT2D eigenvalue weighted by atomic mass is 35.5. The van der Waals surface area contributed by atoms with E-state index in [9.17, 15) is 0 Å². The standard InChI is InChI=1S/C10H14ClN.C3H9N/c1-3-12(4-2)10-7-5-9(11)6-8-10;1-4(2)3/h5-8H,3-4H2,1-2H3;1-3H3. The average Bonchev–Trinajstić information content (AvgIpc) is 2.22. The van der Waals surface area contributed by atoms with E-state index in [2.05, 4.69) is 30.9 Å². The zero-order valence-electron chi connectivity index (χ0n) is 11.0. The van der Waals surface area contributed by atoms with Crippen LogP contribution in [0.4, 0.5) is 5.69 Å².